The fourth-order valence-electron chi connectivity index (χ4n) is 1.89. The van der Waals surface area contributed by atoms with E-state index >= 15 is 0 Å². The van der Waals surface area contributed by atoms with Gasteiger partial charge in [-0.05, 0) is 25.2 Å². The zero-order valence-electron chi connectivity index (χ0n) is 18.1. The molecule has 0 aromatic rings. The van der Waals surface area contributed by atoms with E-state index in [2.05, 4.69) is 45.3 Å². The average Bonchev–Trinajstić information content (AvgIpc) is 2.59. The van der Waals surface area contributed by atoms with Gasteiger partial charge in [0.15, 0.2) is 5.78 Å². The van der Waals surface area contributed by atoms with E-state index in [1.807, 2.05) is 0 Å². The number of unbranched alkanes of at least 4 members (excludes halogenated alkanes) is 1. The number of carbonyl (C=O) groups is 4. The van der Waals surface area contributed by atoms with Gasteiger partial charge in [-0.1, -0.05) is 47.5 Å². The van der Waals surface area contributed by atoms with Gasteiger partial charge in [0.25, 0.3) is 0 Å². The number of aliphatic carboxylic acids is 1. The maximum absolute atomic E-state index is 11.8. The Bertz CT molecular complexity index is 488. The largest absolute Gasteiger partial charge is 0.481 e. The fraction of sp³-hybridized carbons (Fsp3) is 0.800. The highest BCUT2D eigenvalue weighted by atomic mass is 16.4. The van der Waals surface area contributed by atoms with Crippen molar-refractivity contribution in [3.63, 3.8) is 0 Å². The van der Waals surface area contributed by atoms with E-state index in [9.17, 15) is 24.3 Å². The van der Waals surface area contributed by atoms with Crippen LogP contribution in [0.15, 0.2) is 0 Å². The van der Waals surface area contributed by atoms with Crippen molar-refractivity contribution in [3.8, 4) is 0 Å². The van der Waals surface area contributed by atoms with Crippen LogP contribution in [0.5, 0.6) is 0 Å². The third-order valence-corrected chi connectivity index (χ3v) is 3.56. The van der Waals surface area contributed by atoms with Crippen molar-refractivity contribution in [2.24, 2.45) is 17.8 Å². The number of carboxylic acid groups (broad SMARTS) is 1. The predicted octanol–water partition coefficient (Wildman–Crippen LogP) is 1.75. The number of carbonyl (C=O) groups excluding carboxylic acids is 3. The smallest absolute Gasteiger partial charge is 0.313 e. The van der Waals surface area contributed by atoms with Gasteiger partial charge in [0.2, 0.25) is 11.8 Å². The Morgan fingerprint density at radius 2 is 1.46 bits per heavy atom. The molecule has 0 aromatic heterocycles. The number of ketones is 1. The van der Waals surface area contributed by atoms with Gasteiger partial charge in [0.05, 0.1) is 13.2 Å². The summed E-state index contributed by atoms with van der Waals surface area (Å²) in [5, 5.41) is 22.5. The zero-order valence-corrected chi connectivity index (χ0v) is 18.1. The minimum atomic E-state index is -1.28. The summed E-state index contributed by atoms with van der Waals surface area (Å²) in [7, 11) is 0. The lowest BCUT2D eigenvalue weighted by Crippen LogP contribution is -2.50. The molecule has 0 aliphatic heterocycles. The second-order valence-corrected chi connectivity index (χ2v) is 7.92. The number of hydrogen-bond donors (Lipinski definition) is 4. The van der Waals surface area contributed by atoms with Crippen molar-refractivity contribution < 1.29 is 29.4 Å². The monoisotopic (exact) mass is 402 g/mol. The Balaban J connectivity index is 0. The Kier molecular flexibility index (Phi) is 16.2. The first kappa shape index (κ1) is 28.3. The van der Waals surface area contributed by atoms with E-state index in [1.165, 1.54) is 6.92 Å². The summed E-state index contributed by atoms with van der Waals surface area (Å²) in [6, 6.07) is -1.16. The molecule has 0 saturated carbocycles. The molecule has 0 fully saturated rings. The molecule has 2 atom stereocenters. The standard InChI is InChI=1S/C16H28N2O6.C4H10/c1-10(2)6-4-5-7-14(21)18-12(9-19)15(22)17-8-13(20)11(3)16(23)24;1-4(2)3/h10-12,19H,4-9H2,1-3H3,(H,17,22)(H,18,21)(H,23,24);4H,1-3H3. The van der Waals surface area contributed by atoms with Gasteiger partial charge >= 0.3 is 5.97 Å². The number of hydrogen-bond acceptors (Lipinski definition) is 5. The van der Waals surface area contributed by atoms with Crippen molar-refractivity contribution in [1.82, 2.24) is 10.6 Å². The second kappa shape index (κ2) is 16.0. The summed E-state index contributed by atoms with van der Waals surface area (Å²) < 4.78 is 0. The third-order valence-electron chi connectivity index (χ3n) is 3.56. The van der Waals surface area contributed by atoms with E-state index < -0.39 is 42.8 Å². The molecular formula is C20H38N2O6. The lowest BCUT2D eigenvalue weighted by molar-refractivity contribution is -0.145. The molecule has 0 spiro atoms. The number of aliphatic hydroxyl groups is 1. The molecule has 0 rings (SSSR count). The summed E-state index contributed by atoms with van der Waals surface area (Å²) in [6.07, 6.45) is 2.87. The molecule has 164 valence electrons. The van der Waals surface area contributed by atoms with E-state index in [1.54, 1.807) is 0 Å². The average molecular weight is 403 g/mol. The van der Waals surface area contributed by atoms with Gasteiger partial charge in [0, 0.05) is 6.42 Å². The number of aliphatic hydroxyl groups excluding tert-OH is 1. The van der Waals surface area contributed by atoms with Gasteiger partial charge in [-0.25, -0.2) is 0 Å². The highest BCUT2D eigenvalue weighted by Gasteiger charge is 2.24. The second-order valence-electron chi connectivity index (χ2n) is 7.92. The lowest BCUT2D eigenvalue weighted by atomic mass is 10.1. The van der Waals surface area contributed by atoms with Crippen LogP contribution in [-0.2, 0) is 19.2 Å². The minimum Gasteiger partial charge on any atom is -0.481 e. The minimum absolute atomic E-state index is 0.255. The summed E-state index contributed by atoms with van der Waals surface area (Å²) in [6.45, 7) is 10.8. The quantitative estimate of drug-likeness (QED) is 0.290. The topological polar surface area (TPSA) is 133 Å². The molecule has 2 amide bonds. The third kappa shape index (κ3) is 16.2. The normalized spacial score (nSPS) is 12.6. The maximum Gasteiger partial charge on any atom is 0.313 e. The van der Waals surface area contributed by atoms with Crippen molar-refractivity contribution >= 4 is 23.6 Å². The van der Waals surface area contributed by atoms with Crippen LogP contribution in [0.2, 0.25) is 0 Å². The molecule has 0 heterocycles. The molecule has 8 heteroatoms. The van der Waals surface area contributed by atoms with Crippen LogP contribution < -0.4 is 10.6 Å². The Labute approximate surface area is 168 Å². The summed E-state index contributed by atoms with van der Waals surface area (Å²) in [5.74, 6) is -2.84. The first-order valence-corrected chi connectivity index (χ1v) is 9.85. The molecule has 0 radical (unpaired) electrons. The molecule has 0 aliphatic rings. The highest BCUT2D eigenvalue weighted by molar-refractivity contribution is 6.00. The summed E-state index contributed by atoms with van der Waals surface area (Å²) in [4.78, 5) is 45.8. The van der Waals surface area contributed by atoms with Crippen molar-refractivity contribution in [2.75, 3.05) is 13.2 Å². The van der Waals surface area contributed by atoms with Crippen LogP contribution in [0, 0.1) is 17.8 Å². The molecular weight excluding hydrogens is 364 g/mol. The van der Waals surface area contributed by atoms with E-state index in [0.717, 1.165) is 18.8 Å². The number of Topliss-reactive ketones (excluding diaryl/α,β-unsaturated/α-hetero) is 1. The molecule has 0 saturated heterocycles. The lowest BCUT2D eigenvalue weighted by Gasteiger charge is -2.16. The van der Waals surface area contributed by atoms with Crippen LogP contribution in [0.3, 0.4) is 0 Å². The van der Waals surface area contributed by atoms with Gasteiger partial charge in [-0.15, -0.1) is 0 Å². The van der Waals surface area contributed by atoms with Crippen LogP contribution in [-0.4, -0.2) is 53.0 Å². The molecule has 0 aromatic carbocycles. The Hall–Kier alpha value is -1.96. The summed E-state index contributed by atoms with van der Waals surface area (Å²) >= 11 is 0. The molecule has 0 bridgehead atoms. The van der Waals surface area contributed by atoms with Gasteiger partial charge in [-0.3, -0.25) is 19.2 Å². The van der Waals surface area contributed by atoms with Crippen LogP contribution in [0.25, 0.3) is 0 Å². The van der Waals surface area contributed by atoms with Crippen LogP contribution >= 0.6 is 0 Å². The van der Waals surface area contributed by atoms with E-state index in [-0.39, 0.29) is 12.3 Å². The molecule has 28 heavy (non-hydrogen) atoms. The van der Waals surface area contributed by atoms with E-state index in [0.29, 0.717) is 12.3 Å². The first-order valence-electron chi connectivity index (χ1n) is 9.85. The first-order chi connectivity index (χ1) is 12.9. The Morgan fingerprint density at radius 3 is 1.89 bits per heavy atom. The highest BCUT2D eigenvalue weighted by Crippen LogP contribution is 2.08. The van der Waals surface area contributed by atoms with Gasteiger partial charge < -0.3 is 20.8 Å². The number of carboxylic acids is 1. The van der Waals surface area contributed by atoms with Crippen LogP contribution in [0.1, 0.15) is 67.2 Å². The van der Waals surface area contributed by atoms with Crippen molar-refractivity contribution in [2.45, 2.75) is 73.3 Å². The van der Waals surface area contributed by atoms with Crippen molar-refractivity contribution in [3.05, 3.63) is 0 Å². The SMILES string of the molecule is CC(C)C.CC(C)CCCCC(=O)NC(CO)C(=O)NCC(=O)C(C)C(=O)O. The van der Waals surface area contributed by atoms with Gasteiger partial charge in [0.1, 0.15) is 12.0 Å². The van der Waals surface area contributed by atoms with E-state index in [4.69, 9.17) is 5.11 Å². The number of rotatable bonds is 12. The van der Waals surface area contributed by atoms with Crippen molar-refractivity contribution in [1.29, 1.82) is 0 Å². The zero-order chi connectivity index (χ0) is 22.3. The summed E-state index contributed by atoms with van der Waals surface area (Å²) in [5.41, 5.74) is 0. The fourth-order valence-corrected chi connectivity index (χ4v) is 1.89. The number of amides is 2. The van der Waals surface area contributed by atoms with Gasteiger partial charge in [-0.2, -0.15) is 0 Å². The molecule has 8 nitrogen and oxygen atoms in total. The predicted molar refractivity (Wildman–Crippen MR) is 108 cm³/mol. The number of nitrogens with one attached hydrogen (secondary N) is 2. The van der Waals surface area contributed by atoms with Crippen LogP contribution in [0.4, 0.5) is 0 Å². The molecule has 2 unspecified atom stereocenters. The Morgan fingerprint density at radius 1 is 0.929 bits per heavy atom. The molecule has 4 N–H and O–H groups in total. The molecule has 0 aliphatic carbocycles. The maximum atomic E-state index is 11.8.